The maximum absolute atomic E-state index is 12.5. The molecule has 0 aliphatic carbocycles. The van der Waals surface area contributed by atoms with Gasteiger partial charge in [0.25, 0.3) is 0 Å². The second-order valence-electron chi connectivity index (χ2n) is 2.33. The number of ether oxygens (including phenoxy) is 2. The quantitative estimate of drug-likeness (QED) is 0.700. The van der Waals surface area contributed by atoms with Crippen LogP contribution >= 0.6 is 11.6 Å². The Bertz CT molecular complexity index is 278. The Hall–Kier alpha value is -0.800. The molecule has 4 heteroatoms. The molecular weight excluding hydrogens is 195 g/mol. The lowest BCUT2D eigenvalue weighted by Crippen LogP contribution is -2.04. The van der Waals surface area contributed by atoms with Gasteiger partial charge < -0.3 is 9.47 Å². The van der Waals surface area contributed by atoms with Crippen LogP contribution in [0.2, 0.25) is 5.02 Å². The molecule has 0 heterocycles. The fraction of sp³-hybridized carbons (Fsp3) is 0.333. The first kappa shape index (κ1) is 10.3. The van der Waals surface area contributed by atoms with Gasteiger partial charge in [-0.25, -0.2) is 4.39 Å². The molecule has 0 saturated heterocycles. The summed E-state index contributed by atoms with van der Waals surface area (Å²) in [6.07, 6.45) is 0. The largest absolute Gasteiger partial charge is 0.490 e. The summed E-state index contributed by atoms with van der Waals surface area (Å²) in [4.78, 5) is 0. The van der Waals surface area contributed by atoms with Gasteiger partial charge in [-0.05, 0) is 12.1 Å². The molecule has 71 valence electrons. The predicted octanol–water partition coefficient (Wildman–Crippen LogP) is 2.30. The standard InChI is InChI=1S/C9H9ClFO2/c1-12-4-5-13-9-3-2-7(11)6-8(9)10/h3,6H,4-5H2,1H3. The van der Waals surface area contributed by atoms with Crippen LogP contribution in [0.3, 0.4) is 0 Å². The molecule has 0 saturated carbocycles. The van der Waals surface area contributed by atoms with Crippen molar-refractivity contribution < 1.29 is 13.9 Å². The SMILES string of the molecule is COCCOc1c[c]c(F)cc1Cl. The molecule has 0 atom stereocenters. The van der Waals surface area contributed by atoms with E-state index in [0.717, 1.165) is 6.07 Å². The van der Waals surface area contributed by atoms with E-state index >= 15 is 0 Å². The number of hydrogen-bond donors (Lipinski definition) is 0. The zero-order valence-corrected chi connectivity index (χ0v) is 7.90. The van der Waals surface area contributed by atoms with E-state index < -0.39 is 5.82 Å². The third-order valence-electron chi connectivity index (χ3n) is 1.38. The molecular formula is C9H9ClFO2. The summed E-state index contributed by atoms with van der Waals surface area (Å²) in [7, 11) is 1.57. The average molecular weight is 204 g/mol. The lowest BCUT2D eigenvalue weighted by Gasteiger charge is -2.06. The van der Waals surface area contributed by atoms with Crippen molar-refractivity contribution in [1.82, 2.24) is 0 Å². The van der Waals surface area contributed by atoms with E-state index in [-0.39, 0.29) is 5.02 Å². The smallest absolute Gasteiger partial charge is 0.138 e. The lowest BCUT2D eigenvalue weighted by atomic mass is 10.3. The van der Waals surface area contributed by atoms with Crippen molar-refractivity contribution in [1.29, 1.82) is 0 Å². The molecule has 0 aliphatic heterocycles. The van der Waals surface area contributed by atoms with E-state index in [1.54, 1.807) is 7.11 Å². The number of methoxy groups -OCH3 is 1. The van der Waals surface area contributed by atoms with Gasteiger partial charge in [0.2, 0.25) is 0 Å². The highest BCUT2D eigenvalue weighted by molar-refractivity contribution is 6.32. The molecule has 1 radical (unpaired) electrons. The molecule has 1 rings (SSSR count). The number of benzene rings is 1. The molecule has 13 heavy (non-hydrogen) atoms. The molecule has 0 amide bonds. The third kappa shape index (κ3) is 3.20. The Kier molecular flexibility index (Phi) is 3.99. The van der Waals surface area contributed by atoms with Crippen molar-refractivity contribution >= 4 is 11.6 Å². The van der Waals surface area contributed by atoms with Crippen LogP contribution in [0.25, 0.3) is 0 Å². The summed E-state index contributed by atoms with van der Waals surface area (Å²) in [5.41, 5.74) is 0. The van der Waals surface area contributed by atoms with E-state index in [1.807, 2.05) is 0 Å². The van der Waals surface area contributed by atoms with Crippen LogP contribution in [0.5, 0.6) is 5.75 Å². The molecule has 0 aliphatic rings. The maximum Gasteiger partial charge on any atom is 0.138 e. The molecule has 1 aromatic carbocycles. The topological polar surface area (TPSA) is 18.5 Å². The van der Waals surface area contributed by atoms with Crippen LogP contribution in [-0.4, -0.2) is 20.3 Å². The Morgan fingerprint density at radius 3 is 2.92 bits per heavy atom. The van der Waals surface area contributed by atoms with Crippen molar-refractivity contribution in [2.45, 2.75) is 0 Å². The first-order valence-electron chi connectivity index (χ1n) is 3.72. The molecule has 0 fully saturated rings. The van der Waals surface area contributed by atoms with Gasteiger partial charge in [-0.3, -0.25) is 0 Å². The second-order valence-corrected chi connectivity index (χ2v) is 2.74. The van der Waals surface area contributed by atoms with Gasteiger partial charge >= 0.3 is 0 Å². The molecule has 1 aromatic rings. The number of rotatable bonds is 4. The first-order chi connectivity index (χ1) is 6.24. The van der Waals surface area contributed by atoms with Crippen molar-refractivity contribution in [2.75, 3.05) is 20.3 Å². The second kappa shape index (κ2) is 5.04. The predicted molar refractivity (Wildman–Crippen MR) is 47.6 cm³/mol. The summed E-state index contributed by atoms with van der Waals surface area (Å²) >= 11 is 5.68. The van der Waals surface area contributed by atoms with Crippen molar-refractivity contribution in [3.63, 3.8) is 0 Å². The van der Waals surface area contributed by atoms with E-state index in [0.29, 0.717) is 19.0 Å². The van der Waals surface area contributed by atoms with E-state index in [2.05, 4.69) is 6.07 Å². The van der Waals surface area contributed by atoms with Crippen LogP contribution in [0, 0.1) is 11.9 Å². The van der Waals surface area contributed by atoms with Crippen LogP contribution in [-0.2, 0) is 4.74 Å². The Morgan fingerprint density at radius 2 is 2.31 bits per heavy atom. The van der Waals surface area contributed by atoms with Crippen LogP contribution in [0.1, 0.15) is 0 Å². The van der Waals surface area contributed by atoms with Crippen LogP contribution < -0.4 is 4.74 Å². The molecule has 0 aromatic heterocycles. The van der Waals surface area contributed by atoms with Crippen molar-refractivity contribution in [2.24, 2.45) is 0 Å². The highest BCUT2D eigenvalue weighted by Gasteiger charge is 2.02. The van der Waals surface area contributed by atoms with Gasteiger partial charge in [0.15, 0.2) is 0 Å². The van der Waals surface area contributed by atoms with E-state index in [4.69, 9.17) is 21.1 Å². The lowest BCUT2D eigenvalue weighted by molar-refractivity contribution is 0.146. The van der Waals surface area contributed by atoms with Gasteiger partial charge in [0, 0.05) is 13.2 Å². The number of halogens is 2. The van der Waals surface area contributed by atoms with Gasteiger partial charge in [0.1, 0.15) is 18.2 Å². The monoisotopic (exact) mass is 203 g/mol. The van der Waals surface area contributed by atoms with Crippen LogP contribution in [0.15, 0.2) is 12.1 Å². The molecule has 0 spiro atoms. The normalized spacial score (nSPS) is 10.1. The summed E-state index contributed by atoms with van der Waals surface area (Å²) in [6.45, 7) is 0.851. The summed E-state index contributed by atoms with van der Waals surface area (Å²) in [5.74, 6) is -0.0794. The van der Waals surface area contributed by atoms with E-state index in [9.17, 15) is 4.39 Å². The summed E-state index contributed by atoms with van der Waals surface area (Å²) in [5, 5.41) is 0.243. The zero-order chi connectivity index (χ0) is 9.68. The molecule has 0 unspecified atom stereocenters. The maximum atomic E-state index is 12.5. The number of hydrogen-bond acceptors (Lipinski definition) is 2. The third-order valence-corrected chi connectivity index (χ3v) is 1.67. The van der Waals surface area contributed by atoms with Crippen LogP contribution in [0.4, 0.5) is 4.39 Å². The summed E-state index contributed by atoms with van der Waals surface area (Å²) < 4.78 is 22.5. The van der Waals surface area contributed by atoms with E-state index in [1.165, 1.54) is 6.07 Å². The Balaban J connectivity index is 2.56. The van der Waals surface area contributed by atoms with Gasteiger partial charge in [-0.15, -0.1) is 0 Å². The van der Waals surface area contributed by atoms with Gasteiger partial charge in [-0.1, -0.05) is 11.6 Å². The Morgan fingerprint density at radius 1 is 1.54 bits per heavy atom. The zero-order valence-electron chi connectivity index (χ0n) is 7.14. The fourth-order valence-electron chi connectivity index (χ4n) is 0.773. The molecule has 2 nitrogen and oxygen atoms in total. The minimum Gasteiger partial charge on any atom is -0.490 e. The minimum atomic E-state index is -0.496. The van der Waals surface area contributed by atoms with Crippen molar-refractivity contribution in [3.8, 4) is 5.75 Å². The molecule has 0 N–H and O–H groups in total. The average Bonchev–Trinajstić information content (AvgIpc) is 2.09. The Labute approximate surface area is 81.2 Å². The minimum absolute atomic E-state index is 0.243. The van der Waals surface area contributed by atoms with Gasteiger partial charge in [0.05, 0.1) is 11.6 Å². The summed E-state index contributed by atoms with van der Waals surface area (Å²) in [6, 6.07) is 4.88. The fourth-order valence-corrected chi connectivity index (χ4v) is 0.978. The highest BCUT2D eigenvalue weighted by Crippen LogP contribution is 2.24. The highest BCUT2D eigenvalue weighted by atomic mass is 35.5. The first-order valence-corrected chi connectivity index (χ1v) is 4.10. The van der Waals surface area contributed by atoms with Gasteiger partial charge in [-0.2, -0.15) is 0 Å². The molecule has 0 bridgehead atoms. The van der Waals surface area contributed by atoms with Crippen molar-refractivity contribution in [3.05, 3.63) is 29.0 Å².